The molecular weight excluding hydrogens is 222 g/mol. The SMILES string of the molecule is CCOC(=O)c1cccc(C#CC(=O)OC)n1. The van der Waals surface area contributed by atoms with Crippen molar-refractivity contribution in [2.24, 2.45) is 0 Å². The Morgan fingerprint density at radius 1 is 1.41 bits per heavy atom. The highest BCUT2D eigenvalue weighted by atomic mass is 16.5. The predicted molar refractivity (Wildman–Crippen MR) is 59.1 cm³/mol. The molecule has 1 rings (SSSR count). The van der Waals surface area contributed by atoms with Crippen LogP contribution in [0, 0.1) is 11.8 Å². The summed E-state index contributed by atoms with van der Waals surface area (Å²) in [4.78, 5) is 26.1. The van der Waals surface area contributed by atoms with Crippen molar-refractivity contribution in [1.29, 1.82) is 0 Å². The molecule has 0 bridgehead atoms. The highest BCUT2D eigenvalue weighted by Gasteiger charge is 2.07. The molecule has 0 fully saturated rings. The molecule has 0 aliphatic carbocycles. The van der Waals surface area contributed by atoms with E-state index in [9.17, 15) is 9.59 Å². The van der Waals surface area contributed by atoms with Crippen molar-refractivity contribution >= 4 is 11.9 Å². The molecule has 0 saturated carbocycles. The van der Waals surface area contributed by atoms with Crippen molar-refractivity contribution in [2.45, 2.75) is 6.92 Å². The maximum Gasteiger partial charge on any atom is 0.384 e. The van der Waals surface area contributed by atoms with Gasteiger partial charge >= 0.3 is 11.9 Å². The van der Waals surface area contributed by atoms with Gasteiger partial charge in [-0.05, 0) is 25.0 Å². The van der Waals surface area contributed by atoms with E-state index in [1.165, 1.54) is 13.2 Å². The van der Waals surface area contributed by atoms with E-state index in [0.29, 0.717) is 5.69 Å². The molecule has 1 aromatic heterocycles. The number of carbonyl (C=O) groups is 2. The number of methoxy groups -OCH3 is 1. The summed E-state index contributed by atoms with van der Waals surface area (Å²) in [5, 5.41) is 0. The fourth-order valence-corrected chi connectivity index (χ4v) is 0.989. The van der Waals surface area contributed by atoms with Crippen LogP contribution in [0.1, 0.15) is 23.1 Å². The fourth-order valence-electron chi connectivity index (χ4n) is 0.989. The minimum Gasteiger partial charge on any atom is -0.461 e. The van der Waals surface area contributed by atoms with Gasteiger partial charge in [-0.2, -0.15) is 0 Å². The van der Waals surface area contributed by atoms with Crippen LogP contribution in [0.2, 0.25) is 0 Å². The standard InChI is InChI=1S/C12H11NO4/c1-3-17-12(15)10-6-4-5-9(13-10)7-8-11(14)16-2/h4-6H,3H2,1-2H3. The van der Waals surface area contributed by atoms with Gasteiger partial charge in [-0.1, -0.05) is 6.07 Å². The Morgan fingerprint density at radius 3 is 2.82 bits per heavy atom. The van der Waals surface area contributed by atoms with Gasteiger partial charge in [0.05, 0.1) is 13.7 Å². The number of nitrogens with zero attached hydrogens (tertiary/aromatic N) is 1. The summed E-state index contributed by atoms with van der Waals surface area (Å²) in [6.07, 6.45) is 0. The molecule has 0 aliphatic heterocycles. The summed E-state index contributed by atoms with van der Waals surface area (Å²) in [6.45, 7) is 1.98. The molecule has 0 unspecified atom stereocenters. The van der Waals surface area contributed by atoms with Gasteiger partial charge in [0, 0.05) is 5.92 Å². The Morgan fingerprint density at radius 2 is 2.18 bits per heavy atom. The zero-order valence-corrected chi connectivity index (χ0v) is 9.52. The van der Waals surface area contributed by atoms with Crippen LogP contribution in [-0.4, -0.2) is 30.6 Å². The summed E-state index contributed by atoms with van der Waals surface area (Å²) in [6, 6.07) is 4.71. The van der Waals surface area contributed by atoms with Crippen molar-refractivity contribution in [3.05, 3.63) is 29.6 Å². The van der Waals surface area contributed by atoms with Gasteiger partial charge in [0.2, 0.25) is 0 Å². The molecule has 5 heteroatoms. The van der Waals surface area contributed by atoms with Gasteiger partial charge in [-0.3, -0.25) is 0 Å². The van der Waals surface area contributed by atoms with Crippen molar-refractivity contribution in [2.75, 3.05) is 13.7 Å². The average molecular weight is 233 g/mol. The number of esters is 2. The molecule has 5 nitrogen and oxygen atoms in total. The lowest BCUT2D eigenvalue weighted by Gasteiger charge is -2.00. The first-order valence-corrected chi connectivity index (χ1v) is 4.91. The van der Waals surface area contributed by atoms with Crippen LogP contribution >= 0.6 is 0 Å². The maximum absolute atomic E-state index is 11.4. The number of rotatable bonds is 2. The zero-order chi connectivity index (χ0) is 12.7. The van der Waals surface area contributed by atoms with Crippen LogP contribution in [0.4, 0.5) is 0 Å². The van der Waals surface area contributed by atoms with Gasteiger partial charge in [0.25, 0.3) is 0 Å². The first-order chi connectivity index (χ1) is 8.17. The largest absolute Gasteiger partial charge is 0.461 e. The number of hydrogen-bond acceptors (Lipinski definition) is 5. The molecule has 0 amide bonds. The van der Waals surface area contributed by atoms with E-state index in [-0.39, 0.29) is 12.3 Å². The first kappa shape index (κ1) is 12.7. The minimum absolute atomic E-state index is 0.156. The predicted octanol–water partition coefficient (Wildman–Crippen LogP) is 0.783. The third kappa shape index (κ3) is 3.95. The summed E-state index contributed by atoms with van der Waals surface area (Å²) in [5.41, 5.74) is 0.462. The lowest BCUT2D eigenvalue weighted by atomic mass is 10.3. The van der Waals surface area contributed by atoms with Crippen molar-refractivity contribution in [3.8, 4) is 11.8 Å². The summed E-state index contributed by atoms with van der Waals surface area (Å²) >= 11 is 0. The third-order valence-corrected chi connectivity index (χ3v) is 1.71. The highest BCUT2D eigenvalue weighted by molar-refractivity contribution is 5.89. The molecule has 1 aromatic rings. The smallest absolute Gasteiger partial charge is 0.384 e. The summed E-state index contributed by atoms with van der Waals surface area (Å²) in [5.74, 6) is 3.53. The normalized spacial score (nSPS) is 8.82. The van der Waals surface area contributed by atoms with Crippen LogP contribution in [-0.2, 0) is 14.3 Å². The van der Waals surface area contributed by atoms with E-state index in [4.69, 9.17) is 4.74 Å². The average Bonchev–Trinajstić information content (AvgIpc) is 2.36. The number of carbonyl (C=O) groups excluding carboxylic acids is 2. The van der Waals surface area contributed by atoms with Crippen LogP contribution in [0.15, 0.2) is 18.2 Å². The molecule has 88 valence electrons. The molecule has 0 saturated heterocycles. The second kappa shape index (κ2) is 6.28. The molecule has 0 spiro atoms. The first-order valence-electron chi connectivity index (χ1n) is 4.91. The molecule has 0 N–H and O–H groups in total. The Kier molecular flexibility index (Phi) is 4.70. The fraction of sp³-hybridized carbons (Fsp3) is 0.250. The molecule has 1 heterocycles. The number of ether oxygens (including phenoxy) is 2. The van der Waals surface area contributed by atoms with Crippen LogP contribution in [0.25, 0.3) is 0 Å². The van der Waals surface area contributed by atoms with Crippen LogP contribution in [0.5, 0.6) is 0 Å². The molecule has 0 atom stereocenters. The Balaban J connectivity index is 2.88. The van der Waals surface area contributed by atoms with E-state index in [1.807, 2.05) is 0 Å². The number of pyridine rings is 1. The van der Waals surface area contributed by atoms with E-state index in [1.54, 1.807) is 19.1 Å². The van der Waals surface area contributed by atoms with Gasteiger partial charge in [0.15, 0.2) is 0 Å². The second-order valence-electron chi connectivity index (χ2n) is 2.87. The van der Waals surface area contributed by atoms with E-state index < -0.39 is 11.9 Å². The third-order valence-electron chi connectivity index (χ3n) is 1.71. The lowest BCUT2D eigenvalue weighted by Crippen LogP contribution is -2.07. The molecular formula is C12H11NO4. The van der Waals surface area contributed by atoms with Crippen molar-refractivity contribution in [3.63, 3.8) is 0 Å². The summed E-state index contributed by atoms with van der Waals surface area (Å²) in [7, 11) is 1.24. The van der Waals surface area contributed by atoms with E-state index >= 15 is 0 Å². The van der Waals surface area contributed by atoms with Gasteiger partial charge in [-0.15, -0.1) is 0 Å². The van der Waals surface area contributed by atoms with Gasteiger partial charge in [0.1, 0.15) is 11.4 Å². The number of aromatic nitrogens is 1. The molecule has 0 aromatic carbocycles. The van der Waals surface area contributed by atoms with Crippen LogP contribution < -0.4 is 0 Å². The molecule has 17 heavy (non-hydrogen) atoms. The van der Waals surface area contributed by atoms with E-state index in [2.05, 4.69) is 21.6 Å². The Hall–Kier alpha value is -2.35. The van der Waals surface area contributed by atoms with Gasteiger partial charge in [-0.25, -0.2) is 14.6 Å². The van der Waals surface area contributed by atoms with Crippen LogP contribution in [0.3, 0.4) is 0 Å². The monoisotopic (exact) mass is 233 g/mol. The summed E-state index contributed by atoms with van der Waals surface area (Å²) < 4.78 is 9.14. The minimum atomic E-state index is -0.659. The molecule has 0 aliphatic rings. The van der Waals surface area contributed by atoms with E-state index in [0.717, 1.165) is 0 Å². The van der Waals surface area contributed by atoms with Gasteiger partial charge < -0.3 is 9.47 Å². The second-order valence-corrected chi connectivity index (χ2v) is 2.87. The van der Waals surface area contributed by atoms with Crippen molar-refractivity contribution in [1.82, 2.24) is 4.98 Å². The topological polar surface area (TPSA) is 65.5 Å². The van der Waals surface area contributed by atoms with Crippen molar-refractivity contribution < 1.29 is 19.1 Å². The Labute approximate surface area is 98.8 Å². The zero-order valence-electron chi connectivity index (χ0n) is 9.52. The molecule has 0 radical (unpaired) electrons. The quantitative estimate of drug-likeness (QED) is 0.558. The number of hydrogen-bond donors (Lipinski definition) is 0. The maximum atomic E-state index is 11.4. The Bertz CT molecular complexity index is 485. The lowest BCUT2D eigenvalue weighted by molar-refractivity contribution is -0.133. The highest BCUT2D eigenvalue weighted by Crippen LogP contribution is 2.00.